The van der Waals surface area contributed by atoms with Crippen LogP contribution in [0.1, 0.15) is 32.8 Å². The van der Waals surface area contributed by atoms with Crippen LogP contribution in [-0.2, 0) is 20.7 Å². The van der Waals surface area contributed by atoms with Gasteiger partial charge in [0.2, 0.25) is 0 Å². The molecule has 0 aliphatic heterocycles. The molecule has 1 aromatic rings. The molecule has 0 saturated heterocycles. The molecule has 2 unspecified atom stereocenters. The van der Waals surface area contributed by atoms with Crippen LogP contribution >= 0.6 is 11.8 Å². The van der Waals surface area contributed by atoms with Crippen LogP contribution in [0.3, 0.4) is 0 Å². The van der Waals surface area contributed by atoms with Crippen molar-refractivity contribution in [2.75, 3.05) is 12.9 Å². The van der Waals surface area contributed by atoms with Crippen molar-refractivity contribution in [3.05, 3.63) is 35.9 Å². The van der Waals surface area contributed by atoms with Crippen LogP contribution in [0.5, 0.6) is 0 Å². The molecule has 0 radical (unpaired) electrons. The van der Waals surface area contributed by atoms with Crippen molar-refractivity contribution in [2.24, 2.45) is 5.92 Å². The van der Waals surface area contributed by atoms with E-state index in [1.807, 2.05) is 18.2 Å². The Labute approximate surface area is 143 Å². The average Bonchev–Trinajstić information content (AvgIpc) is 2.51. The van der Waals surface area contributed by atoms with Crippen LogP contribution in [0.25, 0.3) is 0 Å². The topological polar surface area (TPSA) is 55.4 Å². The van der Waals surface area contributed by atoms with Gasteiger partial charge in [-0.2, -0.15) is 0 Å². The van der Waals surface area contributed by atoms with Gasteiger partial charge in [-0.3, -0.25) is 9.59 Å². The fourth-order valence-corrected chi connectivity index (χ4v) is 3.06. The van der Waals surface area contributed by atoms with Crippen molar-refractivity contribution >= 4 is 22.8 Å². The van der Waals surface area contributed by atoms with E-state index in [1.54, 1.807) is 6.92 Å². The number of benzene rings is 1. The minimum atomic E-state index is -0.346. The minimum Gasteiger partial charge on any atom is -0.468 e. The normalized spacial score (nSPS) is 13.6. The molecule has 0 saturated carbocycles. The molecule has 0 amide bonds. The number of nitrogens with one attached hydrogen (secondary N) is 1. The third kappa shape index (κ3) is 8.18. The number of esters is 1. The predicted octanol–water partition coefficient (Wildman–Crippen LogP) is 3.05. The standard InChI is InChI=1S/C18H27NO3S/c1-13(2)10-17(18(21)22-4)19-16(12-23-14(3)20)11-15-8-6-5-7-9-15/h5-9,13,16-17,19H,10-12H2,1-4H3. The fraction of sp³-hybridized carbons (Fsp3) is 0.556. The van der Waals surface area contributed by atoms with E-state index < -0.39 is 0 Å². The highest BCUT2D eigenvalue weighted by Gasteiger charge is 2.24. The van der Waals surface area contributed by atoms with Crippen molar-refractivity contribution in [2.45, 2.75) is 45.7 Å². The lowest BCUT2D eigenvalue weighted by Crippen LogP contribution is -2.46. The lowest BCUT2D eigenvalue weighted by Gasteiger charge is -2.25. The van der Waals surface area contributed by atoms with Gasteiger partial charge in [0.15, 0.2) is 5.12 Å². The van der Waals surface area contributed by atoms with E-state index in [9.17, 15) is 9.59 Å². The molecule has 1 rings (SSSR count). The summed E-state index contributed by atoms with van der Waals surface area (Å²) in [5.41, 5.74) is 1.18. The number of rotatable bonds is 9. The van der Waals surface area contributed by atoms with Gasteiger partial charge in [0.1, 0.15) is 6.04 Å². The van der Waals surface area contributed by atoms with Crippen LogP contribution in [-0.4, -0.2) is 36.0 Å². The van der Waals surface area contributed by atoms with Gasteiger partial charge in [-0.25, -0.2) is 0 Å². The van der Waals surface area contributed by atoms with Crippen LogP contribution in [0, 0.1) is 5.92 Å². The minimum absolute atomic E-state index is 0.0362. The molecular weight excluding hydrogens is 310 g/mol. The maximum Gasteiger partial charge on any atom is 0.322 e. The largest absolute Gasteiger partial charge is 0.468 e. The highest BCUT2D eigenvalue weighted by Crippen LogP contribution is 2.13. The first kappa shape index (κ1) is 19.7. The zero-order chi connectivity index (χ0) is 17.2. The summed E-state index contributed by atoms with van der Waals surface area (Å²) in [5, 5.41) is 3.48. The maximum atomic E-state index is 12.0. The average molecular weight is 337 g/mol. The van der Waals surface area contributed by atoms with Gasteiger partial charge >= 0.3 is 5.97 Å². The molecule has 4 nitrogen and oxygen atoms in total. The molecule has 2 atom stereocenters. The monoisotopic (exact) mass is 337 g/mol. The van der Waals surface area contributed by atoms with E-state index in [0.717, 1.165) is 6.42 Å². The molecule has 0 fully saturated rings. The number of ether oxygens (including phenoxy) is 1. The highest BCUT2D eigenvalue weighted by atomic mass is 32.2. The molecule has 0 aliphatic carbocycles. The summed E-state index contributed by atoms with van der Waals surface area (Å²) in [6.45, 7) is 5.72. The Morgan fingerprint density at radius 1 is 1.22 bits per heavy atom. The summed E-state index contributed by atoms with van der Waals surface area (Å²) < 4.78 is 4.91. The first-order valence-corrected chi connectivity index (χ1v) is 8.92. The summed E-state index contributed by atoms with van der Waals surface area (Å²) in [6, 6.07) is 9.78. The number of hydrogen-bond donors (Lipinski definition) is 1. The predicted molar refractivity (Wildman–Crippen MR) is 95.5 cm³/mol. The third-order valence-electron chi connectivity index (χ3n) is 3.44. The first-order chi connectivity index (χ1) is 10.9. The maximum absolute atomic E-state index is 12.0. The Balaban J connectivity index is 2.79. The fourth-order valence-electron chi connectivity index (χ4n) is 2.41. The van der Waals surface area contributed by atoms with Gasteiger partial charge in [0, 0.05) is 18.7 Å². The lowest BCUT2D eigenvalue weighted by atomic mass is 10.0. The lowest BCUT2D eigenvalue weighted by molar-refractivity contribution is -0.143. The summed E-state index contributed by atoms with van der Waals surface area (Å²) in [7, 11) is 1.41. The van der Waals surface area contributed by atoms with Gasteiger partial charge in [-0.05, 0) is 24.3 Å². The third-order valence-corrected chi connectivity index (χ3v) is 4.42. The van der Waals surface area contributed by atoms with Gasteiger partial charge < -0.3 is 10.1 Å². The second kappa shape index (κ2) is 10.4. The molecule has 1 N–H and O–H groups in total. The van der Waals surface area contributed by atoms with E-state index >= 15 is 0 Å². The molecule has 0 bridgehead atoms. The molecule has 1 aromatic carbocycles. The summed E-state index contributed by atoms with van der Waals surface area (Å²) in [4.78, 5) is 23.3. The van der Waals surface area contributed by atoms with Gasteiger partial charge in [0.25, 0.3) is 0 Å². The number of methoxy groups -OCH3 is 1. The van der Waals surface area contributed by atoms with Crippen LogP contribution in [0.2, 0.25) is 0 Å². The Morgan fingerprint density at radius 3 is 2.39 bits per heavy atom. The first-order valence-electron chi connectivity index (χ1n) is 7.93. The molecule has 0 heterocycles. The SMILES string of the molecule is COC(=O)C(CC(C)C)NC(CSC(C)=O)Cc1ccccc1. The van der Waals surface area contributed by atoms with Gasteiger partial charge in [0.05, 0.1) is 7.11 Å². The quantitative estimate of drug-likeness (QED) is 0.702. The Bertz CT molecular complexity index is 490. The van der Waals surface area contributed by atoms with Crippen molar-refractivity contribution < 1.29 is 14.3 Å². The number of carbonyl (C=O) groups is 2. The summed E-state index contributed by atoms with van der Waals surface area (Å²) in [5.74, 6) is 0.768. The van der Waals surface area contributed by atoms with Gasteiger partial charge in [-0.15, -0.1) is 0 Å². The molecule has 128 valence electrons. The molecule has 0 aromatic heterocycles. The van der Waals surface area contributed by atoms with Crippen molar-refractivity contribution in [1.82, 2.24) is 5.32 Å². The van der Waals surface area contributed by atoms with E-state index in [-0.39, 0.29) is 23.2 Å². The molecule has 0 aliphatic rings. The van der Waals surface area contributed by atoms with Crippen molar-refractivity contribution in [3.63, 3.8) is 0 Å². The van der Waals surface area contributed by atoms with E-state index in [1.165, 1.54) is 24.4 Å². The second-order valence-corrected chi connectivity index (χ2v) is 7.26. The van der Waals surface area contributed by atoms with Crippen molar-refractivity contribution in [1.29, 1.82) is 0 Å². The highest BCUT2D eigenvalue weighted by molar-refractivity contribution is 8.13. The van der Waals surface area contributed by atoms with Crippen molar-refractivity contribution in [3.8, 4) is 0 Å². The van der Waals surface area contributed by atoms with Crippen LogP contribution < -0.4 is 5.32 Å². The molecular formula is C18H27NO3S. The van der Waals surface area contributed by atoms with E-state index in [0.29, 0.717) is 18.1 Å². The zero-order valence-corrected chi connectivity index (χ0v) is 15.2. The Hall–Kier alpha value is -1.33. The van der Waals surface area contributed by atoms with Crippen LogP contribution in [0.15, 0.2) is 30.3 Å². The number of thioether (sulfide) groups is 1. The Morgan fingerprint density at radius 2 is 1.87 bits per heavy atom. The van der Waals surface area contributed by atoms with E-state index in [2.05, 4.69) is 31.3 Å². The molecule has 23 heavy (non-hydrogen) atoms. The molecule has 5 heteroatoms. The summed E-state index contributed by atoms with van der Waals surface area (Å²) >= 11 is 1.29. The molecule has 0 spiro atoms. The van der Waals surface area contributed by atoms with Crippen LogP contribution in [0.4, 0.5) is 0 Å². The van der Waals surface area contributed by atoms with Gasteiger partial charge in [-0.1, -0.05) is 55.9 Å². The second-order valence-electron chi connectivity index (χ2n) is 6.06. The zero-order valence-electron chi connectivity index (χ0n) is 14.4. The van der Waals surface area contributed by atoms with E-state index in [4.69, 9.17) is 4.74 Å². The Kier molecular flexibility index (Phi) is 8.95. The number of hydrogen-bond acceptors (Lipinski definition) is 5. The smallest absolute Gasteiger partial charge is 0.322 e. The number of carbonyl (C=O) groups excluding carboxylic acids is 2. The summed E-state index contributed by atoms with van der Waals surface area (Å²) in [6.07, 6.45) is 1.48.